The van der Waals surface area contributed by atoms with Crippen molar-refractivity contribution in [3.05, 3.63) is 99.8 Å². The number of aryl methyl sites for hydroxylation is 2. The zero-order valence-electron chi connectivity index (χ0n) is 19.0. The third-order valence-corrected chi connectivity index (χ3v) is 7.46. The molecule has 0 aliphatic rings. The molecule has 1 heterocycles. The third-order valence-electron chi connectivity index (χ3n) is 5.70. The van der Waals surface area contributed by atoms with E-state index < -0.39 is 15.3 Å². The highest BCUT2D eigenvalue weighted by Gasteiger charge is 2.24. The first-order valence-electron chi connectivity index (χ1n) is 11.0. The summed E-state index contributed by atoms with van der Waals surface area (Å²) in [5, 5.41) is 0.319. The van der Waals surface area contributed by atoms with E-state index in [0.29, 0.717) is 29.8 Å². The molecule has 0 amide bonds. The molecule has 1 aromatic heterocycles. The molecule has 0 unspecified atom stereocenters. The van der Waals surface area contributed by atoms with Gasteiger partial charge in [0.2, 0.25) is 15.3 Å². The molecule has 6 heteroatoms. The van der Waals surface area contributed by atoms with E-state index in [1.807, 2.05) is 49.6 Å². The van der Waals surface area contributed by atoms with E-state index in [2.05, 4.69) is 6.07 Å². The molecule has 0 saturated carbocycles. The second-order valence-electron chi connectivity index (χ2n) is 8.05. The van der Waals surface area contributed by atoms with Gasteiger partial charge < -0.3 is 9.30 Å². The quantitative estimate of drug-likeness (QED) is 0.382. The number of sulfone groups is 1. The van der Waals surface area contributed by atoms with Crippen molar-refractivity contribution in [2.45, 2.75) is 43.5 Å². The molecule has 0 N–H and O–H groups in total. The van der Waals surface area contributed by atoms with Gasteiger partial charge in [-0.1, -0.05) is 48.9 Å². The van der Waals surface area contributed by atoms with Crippen molar-refractivity contribution in [3.63, 3.8) is 0 Å². The van der Waals surface area contributed by atoms with Crippen LogP contribution in [0.5, 0.6) is 5.75 Å². The lowest BCUT2D eigenvalue weighted by Crippen LogP contribution is -2.20. The Balaban J connectivity index is 1.94. The first-order chi connectivity index (χ1) is 15.8. The summed E-state index contributed by atoms with van der Waals surface area (Å²) in [7, 11) is -4.01. The van der Waals surface area contributed by atoms with Crippen LogP contribution >= 0.6 is 0 Å². The zero-order chi connectivity index (χ0) is 23.6. The molecule has 0 bridgehead atoms. The van der Waals surface area contributed by atoms with Crippen LogP contribution in [0.2, 0.25) is 0 Å². The maximum absolute atomic E-state index is 13.5. The lowest BCUT2D eigenvalue weighted by molar-refractivity contribution is 0.340. The molecule has 0 spiro atoms. The minimum absolute atomic E-state index is 0.110. The summed E-state index contributed by atoms with van der Waals surface area (Å²) in [4.78, 5) is 13.3. The molecule has 0 saturated heterocycles. The maximum Gasteiger partial charge on any atom is 0.211 e. The first-order valence-corrected chi connectivity index (χ1v) is 12.5. The molecular weight excluding hydrogens is 434 g/mol. The van der Waals surface area contributed by atoms with Crippen molar-refractivity contribution < 1.29 is 13.2 Å². The predicted molar refractivity (Wildman–Crippen MR) is 131 cm³/mol. The Morgan fingerprint density at radius 3 is 2.33 bits per heavy atom. The fraction of sp³-hybridized carbons (Fsp3) is 0.222. The Bertz CT molecular complexity index is 1470. The summed E-state index contributed by atoms with van der Waals surface area (Å²) in [6.45, 7) is 6.76. The van der Waals surface area contributed by atoms with Gasteiger partial charge in [0.15, 0.2) is 0 Å². The monoisotopic (exact) mass is 461 g/mol. The second kappa shape index (κ2) is 9.24. The van der Waals surface area contributed by atoms with E-state index in [1.54, 1.807) is 36.4 Å². The van der Waals surface area contributed by atoms with Gasteiger partial charge in [0.1, 0.15) is 10.6 Å². The summed E-state index contributed by atoms with van der Waals surface area (Å²) >= 11 is 0. The lowest BCUT2D eigenvalue weighted by Gasteiger charge is -2.15. The highest BCUT2D eigenvalue weighted by Crippen LogP contribution is 2.25. The minimum atomic E-state index is -4.01. The summed E-state index contributed by atoms with van der Waals surface area (Å²) < 4.78 is 34.5. The molecular formula is C27H27NO4S. The molecule has 33 heavy (non-hydrogen) atoms. The molecule has 4 aromatic rings. The average molecular weight is 462 g/mol. The summed E-state index contributed by atoms with van der Waals surface area (Å²) in [5.74, 6) is 0.533. The number of fused-ring (bicyclic) bond motifs is 1. The Labute approximate surface area is 194 Å². The van der Waals surface area contributed by atoms with Gasteiger partial charge in [-0.05, 0) is 61.7 Å². The molecule has 0 radical (unpaired) electrons. The number of pyridine rings is 1. The van der Waals surface area contributed by atoms with Crippen LogP contribution in [0.3, 0.4) is 0 Å². The van der Waals surface area contributed by atoms with Gasteiger partial charge in [-0.15, -0.1) is 0 Å². The van der Waals surface area contributed by atoms with E-state index in [9.17, 15) is 13.2 Å². The van der Waals surface area contributed by atoms with Crippen LogP contribution in [0.15, 0.2) is 87.5 Å². The van der Waals surface area contributed by atoms with Crippen LogP contribution in [-0.4, -0.2) is 19.6 Å². The maximum atomic E-state index is 13.5. The molecule has 0 atom stereocenters. The van der Waals surface area contributed by atoms with Crippen molar-refractivity contribution in [2.24, 2.45) is 0 Å². The van der Waals surface area contributed by atoms with E-state index in [0.717, 1.165) is 23.1 Å². The number of benzene rings is 3. The molecule has 170 valence electrons. The van der Waals surface area contributed by atoms with Gasteiger partial charge >= 0.3 is 0 Å². The van der Waals surface area contributed by atoms with Crippen LogP contribution in [0.1, 0.15) is 30.5 Å². The van der Waals surface area contributed by atoms with Crippen LogP contribution in [0, 0.1) is 6.92 Å². The van der Waals surface area contributed by atoms with E-state index in [4.69, 9.17) is 4.74 Å². The summed E-state index contributed by atoms with van der Waals surface area (Å²) in [5.41, 5.74) is 3.30. The van der Waals surface area contributed by atoms with Crippen molar-refractivity contribution in [3.8, 4) is 5.75 Å². The normalized spacial score (nSPS) is 11.6. The smallest absolute Gasteiger partial charge is 0.211 e. The number of aromatic nitrogens is 1. The Morgan fingerprint density at radius 1 is 0.909 bits per heavy atom. The number of nitrogens with zero attached hydrogens (tertiary/aromatic N) is 1. The Morgan fingerprint density at radius 2 is 1.67 bits per heavy atom. The largest absolute Gasteiger partial charge is 0.494 e. The SMILES string of the molecule is CCOc1ccc2c(c1)c(=O)c(S(=O)(=O)c1ccc(CC)cc1)cn2Cc1cccc(C)c1. The van der Waals surface area contributed by atoms with Gasteiger partial charge in [0.25, 0.3) is 0 Å². The van der Waals surface area contributed by atoms with Gasteiger partial charge in [-0.2, -0.15) is 0 Å². The molecule has 0 aliphatic heterocycles. The Kier molecular flexibility index (Phi) is 6.38. The van der Waals surface area contributed by atoms with Crippen LogP contribution in [0.25, 0.3) is 10.9 Å². The summed E-state index contributed by atoms with van der Waals surface area (Å²) in [6, 6.07) is 20.0. The van der Waals surface area contributed by atoms with Crippen LogP contribution < -0.4 is 10.2 Å². The number of rotatable bonds is 7. The Hall–Kier alpha value is -3.38. The first kappa shape index (κ1) is 22.8. The summed E-state index contributed by atoms with van der Waals surface area (Å²) in [6.07, 6.45) is 2.27. The van der Waals surface area contributed by atoms with E-state index >= 15 is 0 Å². The molecule has 0 aliphatic carbocycles. The third kappa shape index (κ3) is 4.57. The van der Waals surface area contributed by atoms with Gasteiger partial charge in [0.05, 0.1) is 22.4 Å². The molecule has 0 fully saturated rings. The van der Waals surface area contributed by atoms with Gasteiger partial charge in [-0.25, -0.2) is 8.42 Å². The zero-order valence-corrected chi connectivity index (χ0v) is 19.9. The van der Waals surface area contributed by atoms with E-state index in [1.165, 1.54) is 6.20 Å². The lowest BCUT2D eigenvalue weighted by atomic mass is 10.1. The minimum Gasteiger partial charge on any atom is -0.494 e. The molecule has 5 nitrogen and oxygen atoms in total. The van der Waals surface area contributed by atoms with Crippen LogP contribution in [0.4, 0.5) is 0 Å². The topological polar surface area (TPSA) is 65.4 Å². The molecule has 3 aromatic carbocycles. The van der Waals surface area contributed by atoms with Crippen molar-refractivity contribution in [1.82, 2.24) is 4.57 Å². The van der Waals surface area contributed by atoms with Crippen molar-refractivity contribution in [2.75, 3.05) is 6.61 Å². The second-order valence-corrected chi connectivity index (χ2v) is 9.97. The highest BCUT2D eigenvalue weighted by atomic mass is 32.2. The standard InChI is InChI=1S/C27H27NO4S/c1-4-20-9-12-23(13-10-20)33(30,31)26-18-28(17-21-8-6-7-19(3)15-21)25-14-11-22(32-5-2)16-24(25)27(26)29/h6-16,18H,4-5,17H2,1-3H3. The van der Waals surface area contributed by atoms with E-state index in [-0.39, 0.29) is 9.79 Å². The number of hydrogen-bond acceptors (Lipinski definition) is 4. The average Bonchev–Trinajstić information content (AvgIpc) is 2.81. The van der Waals surface area contributed by atoms with Crippen molar-refractivity contribution >= 4 is 20.7 Å². The highest BCUT2D eigenvalue weighted by molar-refractivity contribution is 7.91. The fourth-order valence-electron chi connectivity index (χ4n) is 3.97. The number of hydrogen-bond donors (Lipinski definition) is 0. The predicted octanol–water partition coefficient (Wildman–Crippen LogP) is 5.15. The number of ether oxygens (including phenoxy) is 1. The van der Waals surface area contributed by atoms with Gasteiger partial charge in [-0.3, -0.25) is 4.79 Å². The van der Waals surface area contributed by atoms with Crippen LogP contribution in [-0.2, 0) is 22.8 Å². The van der Waals surface area contributed by atoms with Gasteiger partial charge in [0, 0.05) is 12.7 Å². The fourth-order valence-corrected chi connectivity index (χ4v) is 5.34. The molecule has 4 rings (SSSR count). The van der Waals surface area contributed by atoms with Crippen molar-refractivity contribution in [1.29, 1.82) is 0 Å².